The Morgan fingerprint density at radius 3 is 2.55 bits per heavy atom. The second kappa shape index (κ2) is 3.41. The van der Waals surface area contributed by atoms with Crippen molar-refractivity contribution in [2.24, 2.45) is 0 Å². The van der Waals surface area contributed by atoms with Gasteiger partial charge in [0.2, 0.25) is 0 Å². The fourth-order valence-electron chi connectivity index (χ4n) is 0.773. The van der Waals surface area contributed by atoms with E-state index in [0.29, 0.717) is 21.2 Å². The van der Waals surface area contributed by atoms with E-state index in [4.69, 9.17) is 23.2 Å². The van der Waals surface area contributed by atoms with Crippen molar-refractivity contribution in [1.82, 2.24) is 0 Å². The Bertz CT molecular complexity index is 275. The molecule has 1 aromatic rings. The molecule has 0 saturated heterocycles. The Morgan fingerprint density at radius 2 is 2.00 bits per heavy atom. The summed E-state index contributed by atoms with van der Waals surface area (Å²) in [5.74, 6) is 0. The van der Waals surface area contributed by atoms with Crippen LogP contribution in [0.5, 0.6) is 0 Å². The van der Waals surface area contributed by atoms with Gasteiger partial charge in [0.1, 0.15) is 10.7 Å². The molecule has 0 aliphatic rings. The molecule has 2 nitrogen and oxygen atoms in total. The lowest BCUT2D eigenvalue weighted by atomic mass is 10.2. The first-order valence-corrected chi connectivity index (χ1v) is 3.82. The molecule has 60 valence electrons. The van der Waals surface area contributed by atoms with Crippen LogP contribution in [0.4, 0.5) is 5.69 Å². The van der Waals surface area contributed by atoms with Crippen molar-refractivity contribution >= 4 is 28.9 Å². The van der Waals surface area contributed by atoms with Crippen molar-refractivity contribution in [3.63, 3.8) is 0 Å². The molecule has 2 N–H and O–H groups in total. The summed E-state index contributed by atoms with van der Waals surface area (Å²) in [5.41, 5.74) is 1.94. The van der Waals surface area contributed by atoms with Crippen molar-refractivity contribution in [2.75, 3.05) is 0 Å². The van der Waals surface area contributed by atoms with Crippen molar-refractivity contribution in [3.05, 3.63) is 32.9 Å². The molecule has 0 spiro atoms. The monoisotopic (exact) mass is 191 g/mol. The summed E-state index contributed by atoms with van der Waals surface area (Å²) < 4.78 is 0. The Kier molecular flexibility index (Phi) is 2.73. The average molecular weight is 192 g/mol. The lowest BCUT2D eigenvalue weighted by Gasteiger charge is -2.06. The summed E-state index contributed by atoms with van der Waals surface area (Å²) in [6, 6.07) is 3.26. The standard InChI is InChI=1S/C7H7Cl2NO/c1-4-5(8)2-3-6(10-11)7(4)9/h2-3H,10H2,1H3. The number of hydrogen-bond acceptors (Lipinski definition) is 1. The molecule has 0 fully saturated rings. The summed E-state index contributed by atoms with van der Waals surface area (Å²) in [7, 11) is 0. The molecule has 0 atom stereocenters. The zero-order chi connectivity index (χ0) is 8.43. The van der Waals surface area contributed by atoms with Crippen LogP contribution in [0.1, 0.15) is 5.56 Å². The van der Waals surface area contributed by atoms with E-state index in [2.05, 4.69) is 0 Å². The molecule has 0 unspecified atom stereocenters. The van der Waals surface area contributed by atoms with Gasteiger partial charge in [0, 0.05) is 11.1 Å². The minimum atomic E-state index is 0.438. The minimum absolute atomic E-state index is 0.438. The van der Waals surface area contributed by atoms with Gasteiger partial charge in [-0.15, -0.1) is 0 Å². The van der Waals surface area contributed by atoms with Crippen molar-refractivity contribution in [2.45, 2.75) is 6.92 Å². The molecule has 0 amide bonds. The van der Waals surface area contributed by atoms with E-state index >= 15 is 0 Å². The molecule has 0 heterocycles. The summed E-state index contributed by atoms with van der Waals surface area (Å²) >= 11 is 11.5. The molecular weight excluding hydrogens is 185 g/mol. The molecule has 0 saturated carbocycles. The molecule has 0 aliphatic carbocycles. The van der Waals surface area contributed by atoms with E-state index < -0.39 is 0 Å². The Morgan fingerprint density at radius 1 is 1.36 bits per heavy atom. The summed E-state index contributed by atoms with van der Waals surface area (Å²) in [6.45, 7) is 1.78. The van der Waals surface area contributed by atoms with Crippen molar-refractivity contribution in [1.29, 1.82) is 0 Å². The largest absolute Gasteiger partial charge is 0.630 e. The zero-order valence-electron chi connectivity index (χ0n) is 5.90. The molecule has 0 radical (unpaired) electrons. The van der Waals surface area contributed by atoms with E-state index in [9.17, 15) is 5.21 Å². The van der Waals surface area contributed by atoms with E-state index in [1.807, 2.05) is 0 Å². The van der Waals surface area contributed by atoms with E-state index in [1.54, 1.807) is 19.1 Å². The molecular formula is C7H7Cl2NO. The third-order valence-electron chi connectivity index (χ3n) is 1.48. The number of nitrogens with two attached hydrogens (primary N) is 1. The fraction of sp³-hybridized carbons (Fsp3) is 0.143. The quantitative estimate of drug-likeness (QED) is 0.536. The maximum absolute atomic E-state index is 10.4. The highest BCUT2D eigenvalue weighted by atomic mass is 35.5. The molecule has 1 rings (SSSR count). The molecule has 1 aromatic carbocycles. The smallest absolute Gasteiger partial charge is 0.148 e. The van der Waals surface area contributed by atoms with Gasteiger partial charge in [0.05, 0.1) is 0 Å². The van der Waals surface area contributed by atoms with Gasteiger partial charge < -0.3 is 10.7 Å². The molecule has 4 heteroatoms. The van der Waals surface area contributed by atoms with Gasteiger partial charge >= 0.3 is 0 Å². The van der Waals surface area contributed by atoms with Crippen LogP contribution in [0.3, 0.4) is 0 Å². The molecule has 0 bridgehead atoms. The highest BCUT2D eigenvalue weighted by Gasteiger charge is 2.06. The van der Waals surface area contributed by atoms with E-state index in [-0.39, 0.29) is 0 Å². The minimum Gasteiger partial charge on any atom is -0.630 e. The SMILES string of the molecule is Cc1c(Cl)ccc([NH2+][O-])c1Cl. The Balaban J connectivity index is 3.25. The Labute approximate surface area is 74.7 Å². The van der Waals surface area contributed by atoms with Gasteiger partial charge in [-0.3, -0.25) is 0 Å². The lowest BCUT2D eigenvalue weighted by molar-refractivity contribution is -0.497. The molecule has 11 heavy (non-hydrogen) atoms. The normalized spacial score (nSPS) is 10.2. The number of benzene rings is 1. The second-order valence-electron chi connectivity index (χ2n) is 2.19. The number of quaternary nitrogens is 1. The first-order valence-electron chi connectivity index (χ1n) is 3.06. The summed E-state index contributed by atoms with van der Waals surface area (Å²) in [6.07, 6.45) is 0. The van der Waals surface area contributed by atoms with Crippen molar-refractivity contribution < 1.29 is 5.48 Å². The average Bonchev–Trinajstić information content (AvgIpc) is 2.01. The maximum Gasteiger partial charge on any atom is 0.148 e. The van der Waals surface area contributed by atoms with Crippen LogP contribution in [0.2, 0.25) is 10.0 Å². The van der Waals surface area contributed by atoms with Gasteiger partial charge in [-0.05, 0) is 18.6 Å². The van der Waals surface area contributed by atoms with Crippen LogP contribution < -0.4 is 5.48 Å². The third-order valence-corrected chi connectivity index (χ3v) is 2.39. The van der Waals surface area contributed by atoms with Crippen molar-refractivity contribution in [3.8, 4) is 0 Å². The van der Waals surface area contributed by atoms with E-state index in [1.165, 1.54) is 0 Å². The maximum atomic E-state index is 10.4. The number of rotatable bonds is 1. The third kappa shape index (κ3) is 1.65. The highest BCUT2D eigenvalue weighted by molar-refractivity contribution is 6.37. The fourth-order valence-corrected chi connectivity index (χ4v) is 1.19. The molecule has 0 aromatic heterocycles. The van der Waals surface area contributed by atoms with Crippen LogP contribution in [-0.2, 0) is 0 Å². The number of hydrogen-bond donors (Lipinski definition) is 1. The van der Waals surface area contributed by atoms with Gasteiger partial charge in [-0.1, -0.05) is 23.2 Å². The summed E-state index contributed by atoms with van der Waals surface area (Å²) in [4.78, 5) is 0. The zero-order valence-corrected chi connectivity index (χ0v) is 7.41. The van der Waals surface area contributed by atoms with E-state index in [0.717, 1.165) is 5.56 Å². The topological polar surface area (TPSA) is 39.7 Å². The van der Waals surface area contributed by atoms with Gasteiger partial charge in [0.15, 0.2) is 0 Å². The lowest BCUT2D eigenvalue weighted by Crippen LogP contribution is -2.70. The van der Waals surface area contributed by atoms with Crippen LogP contribution in [0.25, 0.3) is 0 Å². The highest BCUT2D eigenvalue weighted by Crippen LogP contribution is 2.27. The van der Waals surface area contributed by atoms with Gasteiger partial charge in [-0.2, -0.15) is 0 Å². The predicted molar refractivity (Wildman–Crippen MR) is 46.2 cm³/mol. The van der Waals surface area contributed by atoms with Crippen LogP contribution in [0, 0.1) is 12.1 Å². The van der Waals surface area contributed by atoms with Crippen LogP contribution in [-0.4, -0.2) is 0 Å². The first-order chi connectivity index (χ1) is 5.16. The predicted octanol–water partition coefficient (Wildman–Crippen LogP) is 1.99. The molecule has 0 aliphatic heterocycles. The Hall–Kier alpha value is -0.280. The summed E-state index contributed by atoms with van der Waals surface area (Å²) in [5, 5.41) is 11.4. The number of halogens is 2. The second-order valence-corrected chi connectivity index (χ2v) is 2.98. The van der Waals surface area contributed by atoms with Gasteiger partial charge in [-0.25, -0.2) is 0 Å². The first kappa shape index (κ1) is 8.81. The van der Waals surface area contributed by atoms with Gasteiger partial charge in [0.25, 0.3) is 0 Å². The van der Waals surface area contributed by atoms with Crippen LogP contribution in [0.15, 0.2) is 12.1 Å². The van der Waals surface area contributed by atoms with Crippen LogP contribution >= 0.6 is 23.2 Å².